The lowest BCUT2D eigenvalue weighted by Crippen LogP contribution is -2.40. The number of carboxylic acids is 1. The van der Waals surface area contributed by atoms with Gasteiger partial charge in [0.05, 0.1) is 24.1 Å². The Morgan fingerprint density at radius 3 is 2.51 bits per heavy atom. The molecule has 0 aliphatic heterocycles. The molecule has 1 atom stereocenters. The number of aromatic hydroxyl groups is 1. The quantitative estimate of drug-likeness (QED) is 0.0539. The van der Waals surface area contributed by atoms with Gasteiger partial charge in [-0.25, -0.2) is 14.8 Å². The van der Waals surface area contributed by atoms with E-state index in [2.05, 4.69) is 72.0 Å². The molecule has 2 aromatic carbocycles. The summed E-state index contributed by atoms with van der Waals surface area (Å²) in [6, 6.07) is 8.49. The molecule has 0 spiro atoms. The van der Waals surface area contributed by atoms with E-state index in [9.17, 15) is 24.6 Å². The molecule has 49 heavy (non-hydrogen) atoms. The highest BCUT2D eigenvalue weighted by Crippen LogP contribution is 2.30. The SMILES string of the molecule is CC(C)(C)c1ccc(C(=O)CCCC[C@H](NC(=O)c2ccc(NCc3cnc4nc(N)nc(N)c4n3)c(O)c2)C(=O)O)c(-c2nn[nH]n2)c1. The van der Waals surface area contributed by atoms with Crippen LogP contribution in [-0.4, -0.2) is 74.5 Å². The van der Waals surface area contributed by atoms with E-state index >= 15 is 0 Å². The number of rotatable bonds is 13. The lowest BCUT2D eigenvalue weighted by molar-refractivity contribution is -0.139. The molecule has 5 aromatic rings. The highest BCUT2D eigenvalue weighted by Gasteiger charge is 2.23. The van der Waals surface area contributed by atoms with Gasteiger partial charge in [0.15, 0.2) is 22.8 Å². The number of anilines is 3. The smallest absolute Gasteiger partial charge is 0.326 e. The minimum Gasteiger partial charge on any atom is -0.506 e. The van der Waals surface area contributed by atoms with Crippen LogP contribution >= 0.6 is 0 Å². The van der Waals surface area contributed by atoms with Gasteiger partial charge in [0, 0.05) is 23.1 Å². The second-order valence-corrected chi connectivity index (χ2v) is 12.4. The first kappa shape index (κ1) is 34.1. The second-order valence-electron chi connectivity index (χ2n) is 12.4. The minimum atomic E-state index is -1.22. The lowest BCUT2D eigenvalue weighted by Gasteiger charge is -2.20. The first-order valence-corrected chi connectivity index (χ1v) is 15.4. The van der Waals surface area contributed by atoms with Crippen molar-refractivity contribution in [2.45, 2.75) is 64.5 Å². The molecule has 1 amide bonds. The molecule has 0 saturated heterocycles. The number of carboxylic acid groups (broad SMARTS) is 1. The number of aromatic amines is 1. The van der Waals surface area contributed by atoms with Crippen molar-refractivity contribution in [1.82, 2.24) is 45.9 Å². The van der Waals surface area contributed by atoms with E-state index in [-0.39, 0.29) is 64.8 Å². The predicted octanol–water partition coefficient (Wildman–Crippen LogP) is 3.01. The third-order valence-corrected chi connectivity index (χ3v) is 7.74. The third-order valence-electron chi connectivity index (χ3n) is 7.74. The van der Waals surface area contributed by atoms with Crippen LogP contribution in [0.2, 0.25) is 0 Å². The molecule has 0 aliphatic carbocycles. The van der Waals surface area contributed by atoms with E-state index in [0.29, 0.717) is 41.2 Å². The van der Waals surface area contributed by atoms with Crippen molar-refractivity contribution < 1.29 is 24.6 Å². The van der Waals surface area contributed by atoms with Crippen molar-refractivity contribution in [3.05, 3.63) is 65.0 Å². The average Bonchev–Trinajstić information content (AvgIpc) is 3.60. The van der Waals surface area contributed by atoms with Gasteiger partial charge in [0.25, 0.3) is 5.91 Å². The van der Waals surface area contributed by atoms with Gasteiger partial charge in [0.1, 0.15) is 11.8 Å². The number of carbonyl (C=O) groups is 3. The summed E-state index contributed by atoms with van der Waals surface area (Å²) in [4.78, 5) is 54.5. The largest absolute Gasteiger partial charge is 0.506 e. The number of hydrogen-bond donors (Lipinski definition) is 7. The fourth-order valence-corrected chi connectivity index (χ4v) is 5.06. The summed E-state index contributed by atoms with van der Waals surface area (Å²) in [6.45, 7) is 6.34. The number of phenols is 1. The van der Waals surface area contributed by atoms with Crippen LogP contribution in [0.25, 0.3) is 22.6 Å². The molecule has 0 radical (unpaired) electrons. The van der Waals surface area contributed by atoms with Gasteiger partial charge in [-0.15, -0.1) is 10.2 Å². The third kappa shape index (κ3) is 8.19. The topological polar surface area (TPSA) is 274 Å². The first-order valence-electron chi connectivity index (χ1n) is 15.4. The lowest BCUT2D eigenvalue weighted by atomic mass is 9.84. The Labute approximate surface area is 280 Å². The monoisotopic (exact) mass is 668 g/mol. The van der Waals surface area contributed by atoms with Crippen molar-refractivity contribution in [1.29, 1.82) is 0 Å². The van der Waals surface area contributed by atoms with Gasteiger partial charge in [-0.1, -0.05) is 39.3 Å². The Hall–Kier alpha value is -6.26. The summed E-state index contributed by atoms with van der Waals surface area (Å²) in [5.74, 6) is -1.90. The Morgan fingerprint density at radius 1 is 1.02 bits per heavy atom. The van der Waals surface area contributed by atoms with Crippen molar-refractivity contribution >= 4 is 46.3 Å². The Morgan fingerprint density at radius 2 is 1.82 bits per heavy atom. The number of carbonyl (C=O) groups excluding carboxylic acids is 2. The number of nitrogen functional groups attached to an aromatic ring is 2. The van der Waals surface area contributed by atoms with Gasteiger partial charge >= 0.3 is 5.97 Å². The highest BCUT2D eigenvalue weighted by molar-refractivity contribution is 6.02. The molecule has 254 valence electrons. The Bertz CT molecular complexity index is 2010. The van der Waals surface area contributed by atoms with Crippen molar-refractivity contribution in [2.75, 3.05) is 16.8 Å². The molecular formula is C32H36N12O5. The molecule has 0 fully saturated rings. The van der Waals surface area contributed by atoms with E-state index in [1.807, 2.05) is 12.1 Å². The minimum absolute atomic E-state index is 0.0176. The molecule has 0 bridgehead atoms. The predicted molar refractivity (Wildman–Crippen MR) is 179 cm³/mol. The number of unbranched alkanes of at least 4 members (excludes halogenated alkanes) is 1. The zero-order valence-corrected chi connectivity index (χ0v) is 27.1. The fourth-order valence-electron chi connectivity index (χ4n) is 5.06. The fraction of sp³-hybridized carbons (Fsp3) is 0.312. The molecule has 3 aromatic heterocycles. The van der Waals surface area contributed by atoms with Crippen LogP contribution in [0.5, 0.6) is 5.75 Å². The maximum absolute atomic E-state index is 13.2. The summed E-state index contributed by atoms with van der Waals surface area (Å²) < 4.78 is 0. The molecule has 5 rings (SSSR count). The number of Topliss-reactive ketones (excluding diaryl/α,β-unsaturated/α-hetero) is 1. The molecule has 0 aliphatic rings. The number of phenolic OH excluding ortho intramolecular Hbond substituents is 1. The van der Waals surface area contributed by atoms with Crippen molar-refractivity contribution in [3.63, 3.8) is 0 Å². The summed E-state index contributed by atoms with van der Waals surface area (Å²) >= 11 is 0. The molecule has 17 nitrogen and oxygen atoms in total. The number of ketones is 1. The van der Waals surface area contributed by atoms with Gasteiger partial charge in [-0.3, -0.25) is 9.59 Å². The first-order chi connectivity index (χ1) is 23.3. The van der Waals surface area contributed by atoms with Crippen LogP contribution in [0.3, 0.4) is 0 Å². The van der Waals surface area contributed by atoms with E-state index < -0.39 is 17.9 Å². The van der Waals surface area contributed by atoms with Crippen LogP contribution in [0.1, 0.15) is 78.4 Å². The zero-order chi connectivity index (χ0) is 35.3. The van der Waals surface area contributed by atoms with Gasteiger partial charge in [-0.2, -0.15) is 15.2 Å². The number of fused-ring (bicyclic) bond motifs is 1. The number of hydrogen-bond acceptors (Lipinski definition) is 14. The van der Waals surface area contributed by atoms with E-state index in [1.54, 1.807) is 6.07 Å². The second kappa shape index (κ2) is 14.2. The summed E-state index contributed by atoms with van der Waals surface area (Å²) in [5, 5.41) is 40.0. The highest BCUT2D eigenvalue weighted by atomic mass is 16.4. The maximum atomic E-state index is 13.2. The van der Waals surface area contributed by atoms with Crippen LogP contribution in [0, 0.1) is 0 Å². The number of aliphatic carboxylic acids is 1. The number of amides is 1. The van der Waals surface area contributed by atoms with E-state index in [4.69, 9.17) is 11.5 Å². The Kier molecular flexibility index (Phi) is 9.91. The number of nitrogens with one attached hydrogen (secondary N) is 3. The number of benzene rings is 2. The van der Waals surface area contributed by atoms with Crippen LogP contribution < -0.4 is 22.1 Å². The Balaban J connectivity index is 1.15. The molecular weight excluding hydrogens is 632 g/mol. The van der Waals surface area contributed by atoms with Crippen LogP contribution in [0.4, 0.5) is 17.5 Å². The number of nitrogens with zero attached hydrogens (tertiary/aromatic N) is 7. The van der Waals surface area contributed by atoms with Crippen molar-refractivity contribution in [3.8, 4) is 17.1 Å². The molecule has 9 N–H and O–H groups in total. The molecule has 0 saturated carbocycles. The van der Waals surface area contributed by atoms with Crippen molar-refractivity contribution in [2.24, 2.45) is 0 Å². The number of aromatic nitrogens is 8. The van der Waals surface area contributed by atoms with Crippen LogP contribution in [-0.2, 0) is 16.8 Å². The van der Waals surface area contributed by atoms with Gasteiger partial charge < -0.3 is 32.3 Å². The summed E-state index contributed by atoms with van der Waals surface area (Å²) in [5.41, 5.74) is 14.7. The number of tetrazole rings is 1. The van der Waals surface area contributed by atoms with Gasteiger partial charge in [-0.05, 0) is 53.3 Å². The maximum Gasteiger partial charge on any atom is 0.326 e. The van der Waals surface area contributed by atoms with Crippen LogP contribution in [0.15, 0.2) is 42.6 Å². The molecule has 3 heterocycles. The van der Waals surface area contributed by atoms with E-state index in [0.717, 1.165) is 5.56 Å². The number of nitrogens with two attached hydrogens (primary N) is 2. The van der Waals surface area contributed by atoms with Gasteiger partial charge in [0.2, 0.25) is 11.8 Å². The standard InChI is InChI=1S/C32H36N12O5/c1-32(2,3)17-9-10-19(20(13-17)27-41-43-44-42-27)23(45)7-5-4-6-22(30(48)49)38-29(47)16-8-11-21(24(46)12-16)35-14-18-15-36-28-25(37-18)26(33)39-31(34)40-28/h8-13,15,22,35,46H,4-7,14H2,1-3H3,(H,38,47)(H,48,49)(H,41,42,43,44)(H4,33,34,36,39,40)/t22-/m0/s1. The summed E-state index contributed by atoms with van der Waals surface area (Å²) in [7, 11) is 0. The number of H-pyrrole nitrogens is 1. The normalized spacial score (nSPS) is 12.1. The summed E-state index contributed by atoms with van der Waals surface area (Å²) in [6.07, 6.45) is 2.47. The average molecular weight is 669 g/mol. The molecule has 17 heteroatoms. The molecule has 0 unspecified atom stereocenters. The van der Waals surface area contributed by atoms with E-state index in [1.165, 1.54) is 24.4 Å². The zero-order valence-electron chi connectivity index (χ0n) is 27.1.